The molecule has 6 heteroatoms. The van der Waals surface area contributed by atoms with Crippen molar-refractivity contribution in [2.75, 3.05) is 31.6 Å². The number of piperidine rings is 1. The van der Waals surface area contributed by atoms with E-state index in [0.29, 0.717) is 6.54 Å². The lowest BCUT2D eigenvalue weighted by Gasteiger charge is -2.39. The summed E-state index contributed by atoms with van der Waals surface area (Å²) in [6.07, 6.45) is 3.42. The van der Waals surface area contributed by atoms with Gasteiger partial charge in [-0.2, -0.15) is 0 Å². The molecule has 25 heavy (non-hydrogen) atoms. The Balaban J connectivity index is 1.57. The maximum Gasteiger partial charge on any atom is 0.245 e. The molecule has 3 rings (SSSR count). The summed E-state index contributed by atoms with van der Waals surface area (Å²) in [7, 11) is 1.86. The number of carbonyl (C=O) groups excluding carboxylic acids is 2. The molecule has 2 aliphatic heterocycles. The molecule has 136 valence electrons. The zero-order chi connectivity index (χ0) is 18.0. The Labute approximate surface area is 148 Å². The van der Waals surface area contributed by atoms with Gasteiger partial charge >= 0.3 is 0 Å². The molecular weight excluding hydrogens is 321 g/mol. The maximum atomic E-state index is 13.1. The molecule has 2 heterocycles. The van der Waals surface area contributed by atoms with Crippen molar-refractivity contribution in [1.29, 1.82) is 0 Å². The van der Waals surface area contributed by atoms with Crippen molar-refractivity contribution in [2.45, 2.75) is 44.7 Å². The van der Waals surface area contributed by atoms with Crippen molar-refractivity contribution in [1.82, 2.24) is 9.80 Å². The topological polar surface area (TPSA) is 43.9 Å². The van der Waals surface area contributed by atoms with Crippen molar-refractivity contribution < 1.29 is 14.0 Å². The van der Waals surface area contributed by atoms with Crippen LogP contribution in [0.3, 0.4) is 0 Å². The lowest BCUT2D eigenvalue weighted by molar-refractivity contribution is -0.143. The molecule has 1 aromatic rings. The van der Waals surface area contributed by atoms with Gasteiger partial charge in [-0.25, -0.2) is 4.39 Å². The maximum absolute atomic E-state index is 13.1. The zero-order valence-electron chi connectivity index (χ0n) is 14.9. The molecule has 0 N–H and O–H groups in total. The predicted octanol–water partition coefficient (Wildman–Crippen LogP) is 2.26. The van der Waals surface area contributed by atoms with Gasteiger partial charge in [-0.05, 0) is 49.9 Å². The molecule has 1 aromatic carbocycles. The van der Waals surface area contributed by atoms with Crippen molar-refractivity contribution in [3.63, 3.8) is 0 Å². The number of hydrogen-bond donors (Lipinski definition) is 0. The number of hydrogen-bond acceptors (Lipinski definition) is 3. The van der Waals surface area contributed by atoms with Crippen LogP contribution in [0.2, 0.25) is 0 Å². The molecule has 2 amide bonds. The summed E-state index contributed by atoms with van der Waals surface area (Å²) in [6.45, 7) is 3.90. The number of amides is 2. The third-order valence-corrected chi connectivity index (χ3v) is 5.49. The van der Waals surface area contributed by atoms with Gasteiger partial charge in [0.05, 0.1) is 0 Å². The van der Waals surface area contributed by atoms with Crippen LogP contribution in [0.15, 0.2) is 24.3 Å². The van der Waals surface area contributed by atoms with Crippen LogP contribution in [0.25, 0.3) is 0 Å². The largest absolute Gasteiger partial charge is 0.371 e. The lowest BCUT2D eigenvalue weighted by atomic mass is 10.0. The van der Waals surface area contributed by atoms with Crippen LogP contribution in [-0.2, 0) is 9.59 Å². The average Bonchev–Trinajstić information content (AvgIpc) is 3.11. The Hall–Kier alpha value is -2.11. The van der Waals surface area contributed by atoms with Crippen molar-refractivity contribution >= 4 is 17.5 Å². The Kier molecular flexibility index (Phi) is 5.25. The second kappa shape index (κ2) is 7.42. The minimum Gasteiger partial charge on any atom is -0.371 e. The number of benzene rings is 1. The van der Waals surface area contributed by atoms with E-state index < -0.39 is 0 Å². The molecule has 1 atom stereocenters. The summed E-state index contributed by atoms with van der Waals surface area (Å²) in [5.41, 5.74) is 1.02. The molecule has 0 aromatic heterocycles. The van der Waals surface area contributed by atoms with Gasteiger partial charge in [0.1, 0.15) is 11.9 Å². The quantitative estimate of drug-likeness (QED) is 0.842. The monoisotopic (exact) mass is 347 g/mol. The minimum absolute atomic E-state index is 0.0182. The van der Waals surface area contributed by atoms with E-state index in [1.165, 1.54) is 19.1 Å². The first-order valence-corrected chi connectivity index (χ1v) is 9.02. The average molecular weight is 347 g/mol. The number of likely N-dealkylation sites (N-methyl/N-ethyl adjacent to an activating group) is 1. The number of carbonyl (C=O) groups is 2. The molecular formula is C19H26FN3O2. The first-order chi connectivity index (χ1) is 12.0. The van der Waals surface area contributed by atoms with Crippen molar-refractivity contribution in [3.8, 4) is 0 Å². The number of rotatable bonds is 3. The Morgan fingerprint density at radius 2 is 1.72 bits per heavy atom. The van der Waals surface area contributed by atoms with Crippen LogP contribution < -0.4 is 4.90 Å². The van der Waals surface area contributed by atoms with E-state index in [9.17, 15) is 14.0 Å². The summed E-state index contributed by atoms with van der Waals surface area (Å²) < 4.78 is 13.1. The molecule has 5 nitrogen and oxygen atoms in total. The van der Waals surface area contributed by atoms with Gasteiger partial charge in [0.2, 0.25) is 11.8 Å². The predicted molar refractivity (Wildman–Crippen MR) is 94.8 cm³/mol. The number of halogens is 1. The van der Waals surface area contributed by atoms with E-state index >= 15 is 0 Å². The van der Waals surface area contributed by atoms with Crippen LogP contribution in [0, 0.1) is 5.82 Å². The molecule has 0 unspecified atom stereocenters. The second-order valence-corrected chi connectivity index (χ2v) is 7.01. The molecule has 2 saturated heterocycles. The van der Waals surface area contributed by atoms with Gasteiger partial charge in [0, 0.05) is 45.3 Å². The molecule has 0 spiro atoms. The molecule has 0 radical (unpaired) electrons. The highest BCUT2D eigenvalue weighted by molar-refractivity contribution is 5.87. The lowest BCUT2D eigenvalue weighted by Crippen LogP contribution is -2.52. The van der Waals surface area contributed by atoms with E-state index in [2.05, 4.69) is 4.90 Å². The van der Waals surface area contributed by atoms with Crippen LogP contribution in [0.4, 0.5) is 10.1 Å². The minimum atomic E-state index is -0.294. The number of anilines is 1. The van der Waals surface area contributed by atoms with Gasteiger partial charge < -0.3 is 14.7 Å². The highest BCUT2D eigenvalue weighted by atomic mass is 19.1. The Morgan fingerprint density at radius 1 is 1.08 bits per heavy atom. The van der Waals surface area contributed by atoms with Crippen LogP contribution in [0.1, 0.15) is 32.6 Å². The van der Waals surface area contributed by atoms with E-state index in [-0.39, 0.29) is 29.7 Å². The molecule has 0 saturated carbocycles. The highest BCUT2D eigenvalue weighted by Crippen LogP contribution is 2.25. The SMILES string of the molecule is CC(=O)N1CCC[C@@H]1C(=O)N(C)C1CCN(c2ccc(F)cc2)CC1. The molecule has 0 aliphatic carbocycles. The third kappa shape index (κ3) is 3.78. The van der Waals surface area contributed by atoms with Crippen molar-refractivity contribution in [2.24, 2.45) is 0 Å². The first-order valence-electron chi connectivity index (χ1n) is 9.02. The third-order valence-electron chi connectivity index (χ3n) is 5.49. The Bertz CT molecular complexity index is 626. The highest BCUT2D eigenvalue weighted by Gasteiger charge is 2.36. The number of likely N-dealkylation sites (tertiary alicyclic amines) is 1. The summed E-state index contributed by atoms with van der Waals surface area (Å²) in [5, 5.41) is 0. The zero-order valence-corrected chi connectivity index (χ0v) is 14.9. The van der Waals surface area contributed by atoms with Crippen LogP contribution >= 0.6 is 0 Å². The molecule has 2 fully saturated rings. The van der Waals surface area contributed by atoms with E-state index in [1.54, 1.807) is 17.0 Å². The molecule has 0 bridgehead atoms. The fourth-order valence-corrected chi connectivity index (χ4v) is 3.98. The fourth-order valence-electron chi connectivity index (χ4n) is 3.98. The number of nitrogens with zero attached hydrogens (tertiary/aromatic N) is 3. The van der Waals surface area contributed by atoms with E-state index in [4.69, 9.17) is 0 Å². The van der Waals surface area contributed by atoms with E-state index in [1.807, 2.05) is 11.9 Å². The molecule has 2 aliphatic rings. The van der Waals surface area contributed by atoms with Crippen LogP contribution in [-0.4, -0.2) is 60.4 Å². The van der Waals surface area contributed by atoms with Crippen molar-refractivity contribution in [3.05, 3.63) is 30.1 Å². The summed E-state index contributed by atoms with van der Waals surface area (Å²) >= 11 is 0. The summed E-state index contributed by atoms with van der Waals surface area (Å²) in [6, 6.07) is 6.46. The van der Waals surface area contributed by atoms with Crippen LogP contribution in [0.5, 0.6) is 0 Å². The van der Waals surface area contributed by atoms with Gasteiger partial charge in [-0.15, -0.1) is 0 Å². The smallest absolute Gasteiger partial charge is 0.245 e. The van der Waals surface area contributed by atoms with E-state index in [0.717, 1.165) is 44.5 Å². The van der Waals surface area contributed by atoms with Gasteiger partial charge in [0.15, 0.2) is 0 Å². The second-order valence-electron chi connectivity index (χ2n) is 7.01. The first kappa shape index (κ1) is 17.7. The fraction of sp³-hybridized carbons (Fsp3) is 0.579. The Morgan fingerprint density at radius 3 is 2.32 bits per heavy atom. The summed E-state index contributed by atoms with van der Waals surface area (Å²) in [4.78, 5) is 30.3. The van der Waals surface area contributed by atoms with Gasteiger partial charge in [0.25, 0.3) is 0 Å². The van der Waals surface area contributed by atoms with Gasteiger partial charge in [-0.3, -0.25) is 9.59 Å². The standard InChI is InChI=1S/C19H26FN3O2/c1-14(24)23-11-3-4-18(23)19(25)21(2)16-9-12-22(13-10-16)17-7-5-15(20)6-8-17/h5-8,16,18H,3-4,9-13H2,1-2H3/t18-/m1/s1. The summed E-state index contributed by atoms with van der Waals surface area (Å²) in [5.74, 6) is -0.182. The normalized spacial score (nSPS) is 21.5. The van der Waals surface area contributed by atoms with Gasteiger partial charge in [-0.1, -0.05) is 0 Å².